The summed E-state index contributed by atoms with van der Waals surface area (Å²) in [5.41, 5.74) is 0.288. The molecule has 3 heteroatoms. The fraction of sp³-hybridized carbons (Fsp3) is 1.00. The van der Waals surface area contributed by atoms with Crippen LogP contribution in [0, 0.1) is 35.0 Å². The van der Waals surface area contributed by atoms with E-state index in [4.69, 9.17) is 0 Å². The lowest BCUT2D eigenvalue weighted by Crippen LogP contribution is -2.52. The molecule has 3 N–H and O–H groups in total. The van der Waals surface area contributed by atoms with Gasteiger partial charge in [0, 0.05) is 6.04 Å². The molecule has 4 rings (SSSR count). The van der Waals surface area contributed by atoms with E-state index in [1.165, 1.54) is 32.1 Å². The summed E-state index contributed by atoms with van der Waals surface area (Å²) in [5, 5.41) is 24.0. The molecule has 4 saturated carbocycles. The summed E-state index contributed by atoms with van der Waals surface area (Å²) in [6.45, 7) is 2.43. The Hall–Kier alpha value is -0.120. The van der Waals surface area contributed by atoms with Gasteiger partial charge in [-0.05, 0) is 93.4 Å². The van der Waals surface area contributed by atoms with E-state index in [1.807, 2.05) is 7.05 Å². The Kier molecular flexibility index (Phi) is 3.82. The van der Waals surface area contributed by atoms with Crippen molar-refractivity contribution in [3.05, 3.63) is 0 Å². The van der Waals surface area contributed by atoms with Crippen molar-refractivity contribution in [2.45, 2.75) is 76.5 Å². The van der Waals surface area contributed by atoms with Gasteiger partial charge in [-0.3, -0.25) is 0 Å². The number of likely N-dealkylation sites (N-methyl/N-ethyl adjacent to an activating group) is 1. The number of hydrogen-bond donors (Lipinski definition) is 3. The molecular weight excluding hydrogens is 274 g/mol. The Morgan fingerprint density at radius 1 is 0.909 bits per heavy atom. The van der Waals surface area contributed by atoms with Crippen LogP contribution in [0.2, 0.25) is 0 Å². The first-order chi connectivity index (χ1) is 10.5. The molecule has 4 aliphatic rings. The number of aliphatic hydroxyl groups is 2. The number of hydrogen-bond acceptors (Lipinski definition) is 3. The molecule has 0 radical (unpaired) electrons. The first-order valence-corrected chi connectivity index (χ1v) is 9.58. The first kappa shape index (κ1) is 15.4. The quantitative estimate of drug-likeness (QED) is 0.698. The summed E-state index contributed by atoms with van der Waals surface area (Å²) < 4.78 is 0. The minimum atomic E-state index is -0.162. The third-order valence-corrected chi connectivity index (χ3v) is 8.27. The highest BCUT2D eigenvalue weighted by molar-refractivity contribution is 5.10. The van der Waals surface area contributed by atoms with E-state index in [-0.39, 0.29) is 23.7 Å². The van der Waals surface area contributed by atoms with Gasteiger partial charge in [0.15, 0.2) is 0 Å². The van der Waals surface area contributed by atoms with E-state index < -0.39 is 0 Å². The SMILES string of the molecule is CN[C@H]1[C@H](O)C[C@H]2[C@@H]3CC[C@H]4C[C@@H](O)CC[C@@H]4[C@H]3CC[C@@]21C. The van der Waals surface area contributed by atoms with Gasteiger partial charge >= 0.3 is 0 Å². The molecule has 0 heterocycles. The van der Waals surface area contributed by atoms with Gasteiger partial charge in [-0.1, -0.05) is 6.92 Å². The molecule has 4 aliphatic carbocycles. The fourth-order valence-electron chi connectivity index (χ4n) is 7.36. The monoisotopic (exact) mass is 307 g/mol. The van der Waals surface area contributed by atoms with Crippen LogP contribution in [-0.2, 0) is 0 Å². The predicted molar refractivity (Wildman–Crippen MR) is 87.4 cm³/mol. The molecule has 0 aromatic rings. The average Bonchev–Trinajstić information content (AvgIpc) is 2.76. The third-order valence-electron chi connectivity index (χ3n) is 8.27. The van der Waals surface area contributed by atoms with Crippen LogP contribution in [0.25, 0.3) is 0 Å². The summed E-state index contributed by atoms with van der Waals surface area (Å²) in [4.78, 5) is 0. The van der Waals surface area contributed by atoms with Crippen molar-refractivity contribution < 1.29 is 10.2 Å². The highest BCUT2D eigenvalue weighted by atomic mass is 16.3. The van der Waals surface area contributed by atoms with Gasteiger partial charge in [0.05, 0.1) is 12.2 Å². The first-order valence-electron chi connectivity index (χ1n) is 9.58. The van der Waals surface area contributed by atoms with Crippen LogP contribution in [0.3, 0.4) is 0 Å². The molecule has 0 saturated heterocycles. The van der Waals surface area contributed by atoms with Crippen molar-refractivity contribution in [3.8, 4) is 0 Å². The van der Waals surface area contributed by atoms with Crippen molar-refractivity contribution in [3.63, 3.8) is 0 Å². The molecule has 9 atom stereocenters. The summed E-state index contributed by atoms with van der Waals surface area (Å²) in [6.07, 6.45) is 9.40. The van der Waals surface area contributed by atoms with Crippen LogP contribution in [0.5, 0.6) is 0 Å². The predicted octanol–water partition coefficient (Wildman–Crippen LogP) is 2.56. The van der Waals surface area contributed by atoms with E-state index in [0.29, 0.717) is 5.92 Å². The summed E-state index contributed by atoms with van der Waals surface area (Å²) in [7, 11) is 2.02. The molecule has 0 unspecified atom stereocenters. The maximum Gasteiger partial charge on any atom is 0.0701 e. The molecule has 0 aliphatic heterocycles. The topological polar surface area (TPSA) is 52.5 Å². The van der Waals surface area contributed by atoms with Gasteiger partial charge in [0.25, 0.3) is 0 Å². The maximum absolute atomic E-state index is 10.5. The standard InChI is InChI=1S/C19H33NO2/c1-19-8-7-14-13-6-4-12(21)9-11(13)3-5-15(14)16(19)10-17(22)18(19)20-2/h11-18,20-22H,3-10H2,1-2H3/t11-,12-,13-,14+,15+,16-,17+,18-,19-/m0/s1. The number of nitrogens with one attached hydrogen (secondary N) is 1. The number of rotatable bonds is 1. The Morgan fingerprint density at radius 2 is 1.68 bits per heavy atom. The number of fused-ring (bicyclic) bond motifs is 5. The van der Waals surface area contributed by atoms with E-state index in [9.17, 15) is 10.2 Å². The Labute approximate surface area is 134 Å². The van der Waals surface area contributed by atoms with Crippen LogP contribution in [0.15, 0.2) is 0 Å². The Morgan fingerprint density at radius 3 is 2.45 bits per heavy atom. The molecule has 0 aromatic heterocycles. The smallest absolute Gasteiger partial charge is 0.0701 e. The van der Waals surface area contributed by atoms with Gasteiger partial charge < -0.3 is 15.5 Å². The molecule has 0 spiro atoms. The maximum atomic E-state index is 10.5. The molecule has 0 bridgehead atoms. The zero-order chi connectivity index (χ0) is 15.5. The third kappa shape index (κ3) is 2.12. The normalized spacial score (nSPS) is 57.8. The van der Waals surface area contributed by atoms with Gasteiger partial charge in [0.1, 0.15) is 0 Å². The van der Waals surface area contributed by atoms with Crippen LogP contribution < -0.4 is 5.32 Å². The highest BCUT2D eigenvalue weighted by Crippen LogP contribution is 2.62. The lowest BCUT2D eigenvalue weighted by atomic mass is 9.50. The van der Waals surface area contributed by atoms with Crippen LogP contribution >= 0.6 is 0 Å². The lowest BCUT2D eigenvalue weighted by molar-refractivity contribution is -0.0722. The van der Waals surface area contributed by atoms with Gasteiger partial charge in [-0.2, -0.15) is 0 Å². The summed E-state index contributed by atoms with van der Waals surface area (Å²) >= 11 is 0. The molecule has 3 nitrogen and oxygen atoms in total. The largest absolute Gasteiger partial charge is 0.393 e. The van der Waals surface area contributed by atoms with Crippen molar-refractivity contribution in [2.75, 3.05) is 7.05 Å². The van der Waals surface area contributed by atoms with E-state index in [1.54, 1.807) is 0 Å². The van der Waals surface area contributed by atoms with Crippen molar-refractivity contribution >= 4 is 0 Å². The zero-order valence-corrected chi connectivity index (χ0v) is 14.2. The van der Waals surface area contributed by atoms with Crippen molar-refractivity contribution in [1.29, 1.82) is 0 Å². The van der Waals surface area contributed by atoms with Gasteiger partial charge in [-0.25, -0.2) is 0 Å². The minimum absolute atomic E-state index is 0.0337. The summed E-state index contributed by atoms with van der Waals surface area (Å²) in [5.74, 6) is 4.03. The van der Waals surface area contributed by atoms with Crippen molar-refractivity contribution in [2.24, 2.45) is 35.0 Å². The van der Waals surface area contributed by atoms with E-state index in [0.717, 1.165) is 42.9 Å². The molecule has 22 heavy (non-hydrogen) atoms. The molecule has 0 amide bonds. The highest BCUT2D eigenvalue weighted by Gasteiger charge is 2.59. The number of aliphatic hydroxyl groups excluding tert-OH is 2. The molecular formula is C19H33NO2. The molecule has 126 valence electrons. The fourth-order valence-corrected chi connectivity index (χ4v) is 7.36. The van der Waals surface area contributed by atoms with E-state index >= 15 is 0 Å². The second kappa shape index (κ2) is 5.46. The second-order valence-electron chi connectivity index (χ2n) is 9.02. The second-order valence-corrected chi connectivity index (χ2v) is 9.02. The Balaban J connectivity index is 1.57. The average molecular weight is 307 g/mol. The van der Waals surface area contributed by atoms with Gasteiger partial charge in [0.2, 0.25) is 0 Å². The lowest BCUT2D eigenvalue weighted by Gasteiger charge is -2.56. The minimum Gasteiger partial charge on any atom is -0.393 e. The van der Waals surface area contributed by atoms with Crippen LogP contribution in [0.4, 0.5) is 0 Å². The van der Waals surface area contributed by atoms with Gasteiger partial charge in [-0.15, -0.1) is 0 Å². The molecule has 0 aromatic carbocycles. The zero-order valence-electron chi connectivity index (χ0n) is 14.2. The van der Waals surface area contributed by atoms with E-state index in [2.05, 4.69) is 12.2 Å². The van der Waals surface area contributed by atoms with Crippen LogP contribution in [-0.4, -0.2) is 35.5 Å². The Bertz CT molecular complexity index is 428. The van der Waals surface area contributed by atoms with Crippen LogP contribution in [0.1, 0.15) is 58.3 Å². The van der Waals surface area contributed by atoms with Crippen molar-refractivity contribution in [1.82, 2.24) is 5.32 Å². The summed E-state index contributed by atoms with van der Waals surface area (Å²) in [6, 6.07) is 0.282. The molecule has 4 fully saturated rings.